The Morgan fingerprint density at radius 2 is 2.33 bits per heavy atom. The second-order valence-corrected chi connectivity index (χ2v) is 4.43. The monoisotopic (exact) mass is 145 g/mol. The summed E-state index contributed by atoms with van der Waals surface area (Å²) in [7, 11) is -0.502. The lowest BCUT2D eigenvalue weighted by atomic mass is 10.4. The van der Waals surface area contributed by atoms with E-state index >= 15 is 0 Å². The Balaban J connectivity index is 2.15. The number of hydrogen-bond acceptors (Lipinski definition) is 2. The molecular weight excluding hydrogens is 134 g/mol. The van der Waals surface area contributed by atoms with Gasteiger partial charge in [0.2, 0.25) is 0 Å². The molecule has 0 bridgehead atoms. The van der Waals surface area contributed by atoms with Crippen LogP contribution in [0, 0.1) is 0 Å². The van der Waals surface area contributed by atoms with Crippen LogP contribution in [0.15, 0.2) is 0 Å². The van der Waals surface area contributed by atoms with Crippen molar-refractivity contribution in [1.29, 1.82) is 0 Å². The topological polar surface area (TPSA) is 20.3 Å². The molecule has 3 heteroatoms. The first-order valence-electron chi connectivity index (χ1n) is 3.49. The van der Waals surface area contributed by atoms with E-state index in [1.807, 2.05) is 0 Å². The van der Waals surface area contributed by atoms with Gasteiger partial charge in [0.05, 0.1) is 5.37 Å². The second kappa shape index (κ2) is 2.06. The van der Waals surface area contributed by atoms with Gasteiger partial charge in [-0.25, -0.2) is 0 Å². The highest BCUT2D eigenvalue weighted by molar-refractivity contribution is 7.85. The zero-order chi connectivity index (χ0) is 6.27. The summed E-state index contributed by atoms with van der Waals surface area (Å²) >= 11 is 0. The highest BCUT2D eigenvalue weighted by Crippen LogP contribution is 2.24. The van der Waals surface area contributed by atoms with Crippen LogP contribution < -0.4 is 0 Å². The SMILES string of the molecule is O=S1CCN2CCCC21. The standard InChI is InChI=1S/C6H11NOS/c8-9-5-4-7-3-1-2-6(7)9/h6H,1-5H2. The summed E-state index contributed by atoms with van der Waals surface area (Å²) < 4.78 is 11.1. The quantitative estimate of drug-likeness (QED) is 0.484. The van der Waals surface area contributed by atoms with Gasteiger partial charge in [-0.05, 0) is 19.4 Å². The first-order valence-corrected chi connectivity index (χ1v) is 4.87. The molecule has 52 valence electrons. The predicted molar refractivity (Wildman–Crippen MR) is 37.6 cm³/mol. The van der Waals surface area contributed by atoms with E-state index in [2.05, 4.69) is 4.90 Å². The molecule has 0 aromatic carbocycles. The van der Waals surface area contributed by atoms with E-state index in [1.54, 1.807) is 0 Å². The molecule has 0 aromatic rings. The maximum Gasteiger partial charge on any atom is 0.0861 e. The highest BCUT2D eigenvalue weighted by Gasteiger charge is 2.34. The van der Waals surface area contributed by atoms with Crippen molar-refractivity contribution in [2.24, 2.45) is 0 Å². The van der Waals surface area contributed by atoms with E-state index in [0.29, 0.717) is 5.37 Å². The molecule has 9 heavy (non-hydrogen) atoms. The molecule has 2 rings (SSSR count). The minimum absolute atomic E-state index is 0.449. The van der Waals surface area contributed by atoms with Crippen LogP contribution in [0.4, 0.5) is 0 Å². The molecule has 0 aliphatic carbocycles. The lowest BCUT2D eigenvalue weighted by molar-refractivity contribution is 0.354. The van der Waals surface area contributed by atoms with Crippen molar-refractivity contribution >= 4 is 10.8 Å². The minimum atomic E-state index is -0.502. The molecule has 0 spiro atoms. The van der Waals surface area contributed by atoms with Crippen LogP contribution >= 0.6 is 0 Å². The van der Waals surface area contributed by atoms with Gasteiger partial charge in [-0.1, -0.05) is 0 Å². The van der Waals surface area contributed by atoms with E-state index in [9.17, 15) is 4.21 Å². The molecule has 2 nitrogen and oxygen atoms in total. The fourth-order valence-electron chi connectivity index (χ4n) is 1.69. The van der Waals surface area contributed by atoms with Crippen molar-refractivity contribution in [3.63, 3.8) is 0 Å². The van der Waals surface area contributed by atoms with Crippen molar-refractivity contribution in [3.8, 4) is 0 Å². The van der Waals surface area contributed by atoms with E-state index in [1.165, 1.54) is 19.4 Å². The largest absolute Gasteiger partial charge is 0.288 e. The van der Waals surface area contributed by atoms with Gasteiger partial charge in [0, 0.05) is 23.1 Å². The summed E-state index contributed by atoms with van der Waals surface area (Å²) in [6.45, 7) is 2.27. The van der Waals surface area contributed by atoms with Crippen LogP contribution in [0.3, 0.4) is 0 Å². The Hall–Kier alpha value is 0.110. The van der Waals surface area contributed by atoms with E-state index in [4.69, 9.17) is 0 Å². The van der Waals surface area contributed by atoms with Gasteiger partial charge in [-0.3, -0.25) is 9.11 Å². The summed E-state index contributed by atoms with van der Waals surface area (Å²) in [6.07, 6.45) is 2.43. The Bertz CT molecular complexity index is 148. The molecule has 2 aliphatic heterocycles. The van der Waals surface area contributed by atoms with Gasteiger partial charge < -0.3 is 0 Å². The van der Waals surface area contributed by atoms with Crippen LogP contribution in [-0.4, -0.2) is 33.3 Å². The average molecular weight is 145 g/mol. The highest BCUT2D eigenvalue weighted by atomic mass is 32.2. The van der Waals surface area contributed by atoms with Crippen molar-refractivity contribution < 1.29 is 4.21 Å². The van der Waals surface area contributed by atoms with Gasteiger partial charge in [0.25, 0.3) is 0 Å². The molecule has 0 radical (unpaired) electrons. The third-order valence-corrected chi connectivity index (χ3v) is 3.91. The molecule has 2 saturated heterocycles. The van der Waals surface area contributed by atoms with Gasteiger partial charge in [-0.2, -0.15) is 0 Å². The van der Waals surface area contributed by atoms with Crippen LogP contribution in [-0.2, 0) is 10.8 Å². The van der Waals surface area contributed by atoms with E-state index in [0.717, 1.165) is 12.3 Å². The number of fused-ring (bicyclic) bond motifs is 1. The van der Waals surface area contributed by atoms with Gasteiger partial charge >= 0.3 is 0 Å². The Morgan fingerprint density at radius 1 is 1.44 bits per heavy atom. The van der Waals surface area contributed by atoms with Crippen molar-refractivity contribution in [2.45, 2.75) is 18.2 Å². The lowest BCUT2D eigenvalue weighted by Gasteiger charge is -2.10. The molecule has 2 fully saturated rings. The minimum Gasteiger partial charge on any atom is -0.288 e. The van der Waals surface area contributed by atoms with Crippen LogP contribution in [0.5, 0.6) is 0 Å². The smallest absolute Gasteiger partial charge is 0.0861 e. The third-order valence-electron chi connectivity index (χ3n) is 2.19. The first kappa shape index (κ1) is 5.86. The molecular formula is C6H11NOS. The van der Waals surface area contributed by atoms with Crippen LogP contribution in [0.2, 0.25) is 0 Å². The third kappa shape index (κ3) is 0.829. The summed E-state index contributed by atoms with van der Waals surface area (Å²) in [5.41, 5.74) is 0. The van der Waals surface area contributed by atoms with Gasteiger partial charge in [0.15, 0.2) is 0 Å². The molecule has 0 N–H and O–H groups in total. The number of hydrogen-bond donors (Lipinski definition) is 0. The van der Waals surface area contributed by atoms with Gasteiger partial charge in [-0.15, -0.1) is 0 Å². The fourth-order valence-corrected chi connectivity index (χ4v) is 3.35. The summed E-state index contributed by atoms with van der Waals surface area (Å²) in [4.78, 5) is 2.36. The maximum atomic E-state index is 11.1. The molecule has 2 aliphatic rings. The van der Waals surface area contributed by atoms with Crippen LogP contribution in [0.25, 0.3) is 0 Å². The predicted octanol–water partition coefficient (Wildman–Crippen LogP) is 0.171. The molecule has 2 unspecified atom stereocenters. The average Bonchev–Trinajstić information content (AvgIpc) is 2.35. The molecule has 0 aromatic heterocycles. The van der Waals surface area contributed by atoms with Crippen molar-refractivity contribution in [2.75, 3.05) is 18.8 Å². The van der Waals surface area contributed by atoms with Gasteiger partial charge in [0.1, 0.15) is 0 Å². The van der Waals surface area contributed by atoms with Crippen molar-refractivity contribution in [3.05, 3.63) is 0 Å². The molecule has 0 amide bonds. The zero-order valence-electron chi connectivity index (χ0n) is 5.38. The Morgan fingerprint density at radius 3 is 3.11 bits per heavy atom. The molecule has 2 atom stereocenters. The molecule has 2 heterocycles. The van der Waals surface area contributed by atoms with Crippen LogP contribution in [0.1, 0.15) is 12.8 Å². The normalized spacial score (nSPS) is 43.6. The summed E-state index contributed by atoms with van der Waals surface area (Å²) in [5, 5.41) is 0.449. The number of nitrogens with zero attached hydrogens (tertiary/aromatic N) is 1. The van der Waals surface area contributed by atoms with E-state index < -0.39 is 10.8 Å². The number of rotatable bonds is 0. The molecule has 0 saturated carbocycles. The second-order valence-electron chi connectivity index (χ2n) is 2.72. The zero-order valence-corrected chi connectivity index (χ0v) is 6.19. The first-order chi connectivity index (χ1) is 4.38. The Labute approximate surface area is 57.7 Å². The lowest BCUT2D eigenvalue weighted by Crippen LogP contribution is -2.23. The Kier molecular flexibility index (Phi) is 1.34. The van der Waals surface area contributed by atoms with E-state index in [-0.39, 0.29) is 0 Å². The summed E-state index contributed by atoms with van der Waals surface area (Å²) in [5.74, 6) is 0.921. The maximum absolute atomic E-state index is 11.1. The fraction of sp³-hybridized carbons (Fsp3) is 1.00. The summed E-state index contributed by atoms with van der Waals surface area (Å²) in [6, 6.07) is 0. The van der Waals surface area contributed by atoms with Crippen molar-refractivity contribution in [1.82, 2.24) is 4.90 Å².